The molecule has 3 N–H and O–H groups in total. The summed E-state index contributed by atoms with van der Waals surface area (Å²) in [4.78, 5) is 24.6. The quantitative estimate of drug-likeness (QED) is 0.421. The molecule has 182 valence electrons. The second-order valence-corrected chi connectivity index (χ2v) is 8.95. The SMILES string of the molecule is COc1cc(C(C)C)cc(CC(NC(=O)OCC2c3ccccc3-c3ccccc32)C(=O)O)c1O. The normalized spacial score (nSPS) is 13.1. The number of carbonyl (C=O) groups excluding carboxylic acids is 1. The molecule has 0 heterocycles. The molecule has 1 aliphatic carbocycles. The van der Waals surface area contributed by atoms with Crippen molar-refractivity contribution in [1.82, 2.24) is 5.32 Å². The van der Waals surface area contributed by atoms with Gasteiger partial charge in [-0.2, -0.15) is 0 Å². The van der Waals surface area contributed by atoms with Gasteiger partial charge in [-0.05, 0) is 39.8 Å². The maximum absolute atomic E-state index is 12.6. The van der Waals surface area contributed by atoms with Gasteiger partial charge in [0.05, 0.1) is 7.11 Å². The van der Waals surface area contributed by atoms with Gasteiger partial charge < -0.3 is 25.0 Å². The maximum Gasteiger partial charge on any atom is 0.407 e. The Morgan fingerprint density at radius 1 is 1.00 bits per heavy atom. The third-order valence-electron chi connectivity index (χ3n) is 6.42. The lowest BCUT2D eigenvalue weighted by Gasteiger charge is -2.19. The number of carbonyl (C=O) groups is 2. The number of fused-ring (bicyclic) bond motifs is 3. The van der Waals surface area contributed by atoms with E-state index in [1.807, 2.05) is 62.4 Å². The summed E-state index contributed by atoms with van der Waals surface area (Å²) in [5, 5.41) is 22.7. The Bertz CT molecular complexity index is 1210. The molecular formula is C28H29NO6. The van der Waals surface area contributed by atoms with Crippen LogP contribution in [0.4, 0.5) is 4.79 Å². The molecule has 35 heavy (non-hydrogen) atoms. The molecule has 3 aromatic carbocycles. The predicted octanol–water partition coefficient (Wildman–Crippen LogP) is 5.06. The van der Waals surface area contributed by atoms with Crippen LogP contribution in [-0.4, -0.2) is 42.0 Å². The lowest BCUT2D eigenvalue weighted by atomic mass is 9.96. The van der Waals surface area contributed by atoms with E-state index in [1.165, 1.54) is 7.11 Å². The Hall–Kier alpha value is -4.00. The minimum absolute atomic E-state index is 0.0775. The van der Waals surface area contributed by atoms with Gasteiger partial charge in [-0.15, -0.1) is 0 Å². The fourth-order valence-electron chi connectivity index (χ4n) is 4.54. The number of hydrogen-bond donors (Lipinski definition) is 3. The Balaban J connectivity index is 1.48. The molecule has 0 saturated heterocycles. The van der Waals surface area contributed by atoms with Gasteiger partial charge in [0.1, 0.15) is 12.6 Å². The van der Waals surface area contributed by atoms with E-state index < -0.39 is 18.1 Å². The zero-order valence-corrected chi connectivity index (χ0v) is 19.9. The van der Waals surface area contributed by atoms with Gasteiger partial charge in [0, 0.05) is 17.9 Å². The van der Waals surface area contributed by atoms with Crippen LogP contribution in [-0.2, 0) is 16.0 Å². The minimum Gasteiger partial charge on any atom is -0.504 e. The highest BCUT2D eigenvalue weighted by atomic mass is 16.5. The number of aliphatic carboxylic acids is 1. The van der Waals surface area contributed by atoms with Crippen molar-refractivity contribution in [1.29, 1.82) is 0 Å². The Morgan fingerprint density at radius 3 is 2.14 bits per heavy atom. The van der Waals surface area contributed by atoms with Crippen molar-refractivity contribution in [2.24, 2.45) is 0 Å². The molecule has 7 heteroatoms. The van der Waals surface area contributed by atoms with Crippen molar-refractivity contribution >= 4 is 12.1 Å². The summed E-state index contributed by atoms with van der Waals surface area (Å²) in [5.74, 6) is -1.10. The van der Waals surface area contributed by atoms with Crippen molar-refractivity contribution in [3.8, 4) is 22.6 Å². The second kappa shape index (κ2) is 10.1. The van der Waals surface area contributed by atoms with Gasteiger partial charge in [-0.3, -0.25) is 0 Å². The van der Waals surface area contributed by atoms with E-state index in [4.69, 9.17) is 9.47 Å². The minimum atomic E-state index is -1.29. The van der Waals surface area contributed by atoms with Gasteiger partial charge in [0.2, 0.25) is 0 Å². The number of amides is 1. The van der Waals surface area contributed by atoms with Crippen molar-refractivity contribution < 1.29 is 29.3 Å². The van der Waals surface area contributed by atoms with Gasteiger partial charge in [0.25, 0.3) is 0 Å². The Labute approximate surface area is 204 Å². The van der Waals surface area contributed by atoms with Gasteiger partial charge >= 0.3 is 12.1 Å². The van der Waals surface area contributed by atoms with Crippen LogP contribution in [0.25, 0.3) is 11.1 Å². The summed E-state index contributed by atoms with van der Waals surface area (Å²) in [7, 11) is 1.44. The largest absolute Gasteiger partial charge is 0.504 e. The van der Waals surface area contributed by atoms with Crippen molar-refractivity contribution in [3.05, 3.63) is 82.9 Å². The van der Waals surface area contributed by atoms with E-state index in [1.54, 1.807) is 12.1 Å². The lowest BCUT2D eigenvalue weighted by molar-refractivity contribution is -0.139. The molecule has 0 fully saturated rings. The topological polar surface area (TPSA) is 105 Å². The molecule has 3 aromatic rings. The number of carboxylic acid groups (broad SMARTS) is 1. The number of carboxylic acids is 1. The number of benzene rings is 3. The van der Waals surface area contributed by atoms with Crippen LogP contribution in [0.5, 0.6) is 11.5 Å². The molecule has 1 unspecified atom stereocenters. The summed E-state index contributed by atoms with van der Waals surface area (Å²) in [6, 6.07) is 18.1. The number of phenolic OH excluding ortho intramolecular Hbond substituents is 1. The molecule has 0 spiro atoms. The highest BCUT2D eigenvalue weighted by Gasteiger charge is 2.30. The second-order valence-electron chi connectivity index (χ2n) is 8.95. The number of methoxy groups -OCH3 is 1. The van der Waals surface area contributed by atoms with Crippen molar-refractivity contribution in [2.45, 2.75) is 38.1 Å². The molecule has 0 aromatic heterocycles. The fraction of sp³-hybridized carbons (Fsp3) is 0.286. The number of alkyl carbamates (subject to hydrolysis) is 1. The number of ether oxygens (including phenoxy) is 2. The molecule has 0 aliphatic heterocycles. The first kappa shape index (κ1) is 24.1. The van der Waals surface area contributed by atoms with Crippen LogP contribution < -0.4 is 10.1 Å². The van der Waals surface area contributed by atoms with Gasteiger partial charge in [0.15, 0.2) is 11.5 Å². The molecule has 4 rings (SSSR count). The number of hydrogen-bond acceptors (Lipinski definition) is 5. The molecule has 0 bridgehead atoms. The number of nitrogens with one attached hydrogen (secondary N) is 1. The number of aromatic hydroxyl groups is 1. The third-order valence-corrected chi connectivity index (χ3v) is 6.42. The highest BCUT2D eigenvalue weighted by molar-refractivity contribution is 5.81. The van der Waals surface area contributed by atoms with E-state index in [-0.39, 0.29) is 36.4 Å². The number of phenols is 1. The van der Waals surface area contributed by atoms with Crippen LogP contribution in [0.15, 0.2) is 60.7 Å². The van der Waals surface area contributed by atoms with Crippen LogP contribution in [0.1, 0.15) is 47.9 Å². The summed E-state index contributed by atoms with van der Waals surface area (Å²) in [6.45, 7) is 4.05. The monoisotopic (exact) mass is 475 g/mol. The maximum atomic E-state index is 12.6. The zero-order valence-electron chi connectivity index (χ0n) is 19.9. The average Bonchev–Trinajstić information content (AvgIpc) is 3.17. The predicted molar refractivity (Wildman–Crippen MR) is 132 cm³/mol. The third kappa shape index (κ3) is 4.94. The Morgan fingerprint density at radius 2 is 1.60 bits per heavy atom. The molecule has 1 aliphatic rings. The summed E-state index contributed by atoms with van der Waals surface area (Å²) in [5.41, 5.74) is 5.61. The first-order chi connectivity index (χ1) is 16.8. The first-order valence-corrected chi connectivity index (χ1v) is 11.5. The van der Waals surface area contributed by atoms with E-state index >= 15 is 0 Å². The van der Waals surface area contributed by atoms with E-state index in [0.29, 0.717) is 5.56 Å². The number of rotatable bonds is 8. The summed E-state index contributed by atoms with van der Waals surface area (Å²) >= 11 is 0. The van der Waals surface area contributed by atoms with E-state index in [2.05, 4.69) is 5.32 Å². The van der Waals surface area contributed by atoms with Crippen molar-refractivity contribution in [3.63, 3.8) is 0 Å². The molecular weight excluding hydrogens is 446 g/mol. The Kier molecular flexibility index (Phi) is 6.96. The highest BCUT2D eigenvalue weighted by Crippen LogP contribution is 2.44. The smallest absolute Gasteiger partial charge is 0.407 e. The standard InChI is InChI=1S/C28H29NO6/c1-16(2)17-12-18(26(30)25(14-17)34-3)13-24(27(31)32)29-28(33)35-15-23-21-10-6-4-8-19(21)20-9-5-7-11-22(20)23/h4-12,14,16,23-24,30H,13,15H2,1-3H3,(H,29,33)(H,31,32). The van der Waals surface area contributed by atoms with Crippen LogP contribution in [0, 0.1) is 0 Å². The lowest BCUT2D eigenvalue weighted by Crippen LogP contribution is -2.43. The van der Waals surface area contributed by atoms with Crippen LogP contribution in [0.3, 0.4) is 0 Å². The van der Waals surface area contributed by atoms with Crippen LogP contribution >= 0.6 is 0 Å². The molecule has 7 nitrogen and oxygen atoms in total. The molecule has 0 saturated carbocycles. The summed E-state index contributed by atoms with van der Waals surface area (Å²) in [6.07, 6.45) is -0.951. The van der Waals surface area contributed by atoms with Gasteiger partial charge in [-0.25, -0.2) is 9.59 Å². The molecule has 1 atom stereocenters. The zero-order chi connectivity index (χ0) is 25.1. The fourth-order valence-corrected chi connectivity index (χ4v) is 4.54. The average molecular weight is 476 g/mol. The summed E-state index contributed by atoms with van der Waals surface area (Å²) < 4.78 is 10.7. The van der Waals surface area contributed by atoms with E-state index in [0.717, 1.165) is 27.8 Å². The van der Waals surface area contributed by atoms with E-state index in [9.17, 15) is 19.8 Å². The molecule has 0 radical (unpaired) electrons. The first-order valence-electron chi connectivity index (χ1n) is 11.5. The van der Waals surface area contributed by atoms with Gasteiger partial charge in [-0.1, -0.05) is 68.4 Å². The van der Waals surface area contributed by atoms with Crippen LogP contribution in [0.2, 0.25) is 0 Å². The van der Waals surface area contributed by atoms with Crippen molar-refractivity contribution in [2.75, 3.05) is 13.7 Å². The molecule has 1 amide bonds.